The monoisotopic (exact) mass is 607 g/mol. The molecule has 0 fully saturated rings. The number of nitrogens with one attached hydrogen (secondary N) is 1. The molecule has 9 heteroatoms. The van der Waals surface area contributed by atoms with Crippen LogP contribution in [0.1, 0.15) is 56.7 Å². The van der Waals surface area contributed by atoms with Crippen molar-refractivity contribution >= 4 is 27.5 Å². The van der Waals surface area contributed by atoms with Crippen LogP contribution in [0, 0.1) is 6.92 Å². The first-order valence-electron chi connectivity index (χ1n) is 14.9. The van der Waals surface area contributed by atoms with Gasteiger partial charge in [-0.2, -0.15) is 0 Å². The number of nitrogens with zero attached hydrogens (tertiary/aromatic N) is 2. The number of aryl methyl sites for hydroxylation is 1. The van der Waals surface area contributed by atoms with Gasteiger partial charge in [-0.3, -0.25) is 13.9 Å². The highest BCUT2D eigenvalue weighted by atomic mass is 32.2. The second-order valence-corrected chi connectivity index (χ2v) is 12.7. The summed E-state index contributed by atoms with van der Waals surface area (Å²) >= 11 is 0. The van der Waals surface area contributed by atoms with Gasteiger partial charge >= 0.3 is 0 Å². The molecule has 232 valence electrons. The molecule has 0 aromatic heterocycles. The average molecular weight is 608 g/mol. The maximum Gasteiger partial charge on any atom is 0.243 e. The van der Waals surface area contributed by atoms with E-state index in [2.05, 4.69) is 5.32 Å². The van der Waals surface area contributed by atoms with Gasteiger partial charge in [-0.05, 0) is 62.4 Å². The Bertz CT molecular complexity index is 1450. The van der Waals surface area contributed by atoms with E-state index in [9.17, 15) is 18.0 Å². The lowest BCUT2D eigenvalue weighted by Crippen LogP contribution is -2.52. The number of carbonyl (C=O) groups excluding carboxylic acids is 2. The highest BCUT2D eigenvalue weighted by molar-refractivity contribution is 7.92. The number of amides is 2. The van der Waals surface area contributed by atoms with E-state index in [1.807, 2.05) is 82.3 Å². The van der Waals surface area contributed by atoms with Gasteiger partial charge in [0.15, 0.2) is 0 Å². The van der Waals surface area contributed by atoms with Gasteiger partial charge in [0.2, 0.25) is 21.8 Å². The molecule has 0 radical (unpaired) electrons. The van der Waals surface area contributed by atoms with Crippen LogP contribution in [-0.4, -0.2) is 56.6 Å². The van der Waals surface area contributed by atoms with Crippen molar-refractivity contribution in [2.75, 3.05) is 23.7 Å². The van der Waals surface area contributed by atoms with Gasteiger partial charge in [-0.25, -0.2) is 8.42 Å². The van der Waals surface area contributed by atoms with E-state index >= 15 is 0 Å². The SMILES string of the molecule is CCOc1ccccc1N(CCCC(=O)N(Cc1ccccc1C)C(Cc1ccccc1)C(=O)NC(C)CC)S(C)(=O)=O. The maximum absolute atomic E-state index is 14.0. The third-order valence-corrected chi connectivity index (χ3v) is 8.64. The molecule has 2 unspecified atom stereocenters. The average Bonchev–Trinajstić information content (AvgIpc) is 2.98. The zero-order valence-electron chi connectivity index (χ0n) is 26.0. The largest absolute Gasteiger partial charge is 0.492 e. The summed E-state index contributed by atoms with van der Waals surface area (Å²) < 4.78 is 32.6. The Kier molecular flexibility index (Phi) is 12.6. The lowest BCUT2D eigenvalue weighted by atomic mass is 10.0. The molecule has 0 saturated carbocycles. The Morgan fingerprint density at radius 3 is 2.23 bits per heavy atom. The van der Waals surface area contributed by atoms with Crippen molar-refractivity contribution < 1.29 is 22.7 Å². The van der Waals surface area contributed by atoms with E-state index in [-0.39, 0.29) is 43.8 Å². The van der Waals surface area contributed by atoms with Crippen LogP contribution >= 0.6 is 0 Å². The Morgan fingerprint density at radius 1 is 0.930 bits per heavy atom. The summed E-state index contributed by atoms with van der Waals surface area (Å²) in [5, 5.41) is 3.09. The summed E-state index contributed by atoms with van der Waals surface area (Å²) in [5.41, 5.74) is 3.36. The van der Waals surface area contributed by atoms with E-state index < -0.39 is 16.1 Å². The number of anilines is 1. The summed E-state index contributed by atoms with van der Waals surface area (Å²) in [6, 6.07) is 23.7. The predicted molar refractivity (Wildman–Crippen MR) is 173 cm³/mol. The maximum atomic E-state index is 14.0. The first-order valence-corrected chi connectivity index (χ1v) is 16.8. The molecule has 0 aliphatic heterocycles. The molecular weight excluding hydrogens is 562 g/mol. The van der Waals surface area contributed by atoms with Crippen LogP contribution in [0.5, 0.6) is 5.75 Å². The number of hydrogen-bond donors (Lipinski definition) is 1. The molecule has 0 saturated heterocycles. The van der Waals surface area contributed by atoms with Gasteiger partial charge < -0.3 is 15.0 Å². The zero-order valence-corrected chi connectivity index (χ0v) is 26.8. The number of rotatable bonds is 16. The smallest absolute Gasteiger partial charge is 0.243 e. The molecule has 1 N–H and O–H groups in total. The van der Waals surface area contributed by atoms with Gasteiger partial charge in [-0.1, -0.05) is 73.7 Å². The Morgan fingerprint density at radius 2 is 1.58 bits per heavy atom. The quantitative estimate of drug-likeness (QED) is 0.232. The number of ether oxygens (including phenoxy) is 1. The number of hydrogen-bond acceptors (Lipinski definition) is 5. The second-order valence-electron chi connectivity index (χ2n) is 10.8. The molecule has 0 heterocycles. The number of carbonyl (C=O) groups is 2. The molecule has 3 rings (SSSR count). The van der Waals surface area contributed by atoms with Crippen molar-refractivity contribution in [3.63, 3.8) is 0 Å². The van der Waals surface area contributed by atoms with Gasteiger partial charge in [0.1, 0.15) is 11.8 Å². The van der Waals surface area contributed by atoms with E-state index in [0.717, 1.165) is 29.4 Å². The summed E-state index contributed by atoms with van der Waals surface area (Å²) in [5.74, 6) is 0.0474. The minimum absolute atomic E-state index is 0.0464. The molecule has 2 amide bonds. The topological polar surface area (TPSA) is 96.0 Å². The standard InChI is InChI=1S/C34H45N3O5S/c1-6-27(4)35-34(39)31(24-28-17-9-8-10-18-28)36(25-29-19-12-11-16-26(29)3)33(38)22-15-23-37(43(5,40)41)30-20-13-14-21-32(30)42-7-2/h8-14,16-21,27,31H,6-7,15,22-25H2,1-5H3,(H,35,39). The van der Waals surface area contributed by atoms with Gasteiger partial charge in [0, 0.05) is 32.0 Å². The Labute approximate surface area is 257 Å². The van der Waals surface area contributed by atoms with Gasteiger partial charge in [-0.15, -0.1) is 0 Å². The molecule has 3 aromatic carbocycles. The number of benzene rings is 3. The van der Waals surface area contributed by atoms with Crippen molar-refractivity contribution in [2.45, 2.75) is 72.0 Å². The third kappa shape index (κ3) is 9.85. The Balaban J connectivity index is 1.91. The molecule has 0 bridgehead atoms. The van der Waals surface area contributed by atoms with Crippen molar-refractivity contribution in [1.82, 2.24) is 10.2 Å². The van der Waals surface area contributed by atoms with Crippen molar-refractivity contribution in [3.05, 3.63) is 95.6 Å². The van der Waals surface area contributed by atoms with Crippen LogP contribution in [0.2, 0.25) is 0 Å². The van der Waals surface area contributed by atoms with Crippen LogP contribution in [-0.2, 0) is 32.6 Å². The van der Waals surface area contributed by atoms with Crippen LogP contribution in [0.25, 0.3) is 0 Å². The van der Waals surface area contributed by atoms with Crippen molar-refractivity contribution in [3.8, 4) is 5.75 Å². The molecule has 0 spiro atoms. The van der Waals surface area contributed by atoms with Gasteiger partial charge in [0.05, 0.1) is 18.6 Å². The lowest BCUT2D eigenvalue weighted by Gasteiger charge is -2.33. The van der Waals surface area contributed by atoms with Crippen LogP contribution in [0.15, 0.2) is 78.9 Å². The zero-order chi connectivity index (χ0) is 31.4. The fourth-order valence-electron chi connectivity index (χ4n) is 4.89. The molecule has 8 nitrogen and oxygen atoms in total. The minimum Gasteiger partial charge on any atom is -0.492 e. The molecule has 2 atom stereocenters. The summed E-state index contributed by atoms with van der Waals surface area (Å²) in [6.45, 7) is 8.53. The summed E-state index contributed by atoms with van der Waals surface area (Å²) in [7, 11) is -3.65. The third-order valence-electron chi connectivity index (χ3n) is 7.46. The van der Waals surface area contributed by atoms with Crippen molar-refractivity contribution in [2.24, 2.45) is 0 Å². The fraction of sp³-hybridized carbons (Fsp3) is 0.412. The highest BCUT2D eigenvalue weighted by Crippen LogP contribution is 2.30. The molecular formula is C34H45N3O5S. The van der Waals surface area contributed by atoms with E-state index in [0.29, 0.717) is 24.5 Å². The van der Waals surface area contributed by atoms with Gasteiger partial charge in [0.25, 0.3) is 0 Å². The number of para-hydroxylation sites is 2. The second kappa shape index (κ2) is 16.1. The summed E-state index contributed by atoms with van der Waals surface area (Å²) in [4.78, 5) is 29.4. The highest BCUT2D eigenvalue weighted by Gasteiger charge is 2.31. The molecule has 0 aliphatic rings. The van der Waals surface area contributed by atoms with E-state index in [1.54, 1.807) is 29.2 Å². The Hall–Kier alpha value is -3.85. The van der Waals surface area contributed by atoms with E-state index in [1.165, 1.54) is 4.31 Å². The fourth-order valence-corrected chi connectivity index (χ4v) is 5.86. The number of sulfonamides is 1. The van der Waals surface area contributed by atoms with Crippen molar-refractivity contribution in [1.29, 1.82) is 0 Å². The molecule has 3 aromatic rings. The predicted octanol–water partition coefficient (Wildman–Crippen LogP) is 5.49. The molecule has 43 heavy (non-hydrogen) atoms. The van der Waals surface area contributed by atoms with E-state index in [4.69, 9.17) is 4.74 Å². The molecule has 0 aliphatic carbocycles. The summed E-state index contributed by atoms with van der Waals surface area (Å²) in [6.07, 6.45) is 2.60. The van der Waals surface area contributed by atoms with Crippen LogP contribution in [0.4, 0.5) is 5.69 Å². The normalized spacial score (nSPS) is 12.7. The van der Waals surface area contributed by atoms with Crippen LogP contribution in [0.3, 0.4) is 0 Å². The lowest BCUT2D eigenvalue weighted by molar-refractivity contribution is -0.141. The minimum atomic E-state index is -3.65. The first-order chi connectivity index (χ1) is 20.5. The first kappa shape index (κ1) is 33.6. The van der Waals surface area contributed by atoms with Crippen LogP contribution < -0.4 is 14.4 Å².